The van der Waals surface area contributed by atoms with E-state index in [4.69, 9.17) is 9.47 Å². The molecule has 1 atom stereocenters. The van der Waals surface area contributed by atoms with Gasteiger partial charge in [-0.1, -0.05) is 18.6 Å². The van der Waals surface area contributed by atoms with E-state index in [9.17, 15) is 13.2 Å². The van der Waals surface area contributed by atoms with E-state index in [1.165, 1.54) is 35.0 Å². The molecule has 1 aliphatic carbocycles. The molecule has 8 heteroatoms. The number of sulfonamides is 1. The second-order valence-electron chi connectivity index (χ2n) is 8.68. The first kappa shape index (κ1) is 23.6. The van der Waals surface area contributed by atoms with Gasteiger partial charge in [-0.2, -0.15) is 4.31 Å². The van der Waals surface area contributed by atoms with Crippen LogP contribution < -0.4 is 14.8 Å². The van der Waals surface area contributed by atoms with E-state index in [0.717, 1.165) is 44.3 Å². The first-order valence-electron chi connectivity index (χ1n) is 11.7. The molecule has 1 aliphatic heterocycles. The predicted molar refractivity (Wildman–Crippen MR) is 127 cm³/mol. The molecule has 0 bridgehead atoms. The van der Waals surface area contributed by atoms with Crippen LogP contribution in [0.5, 0.6) is 11.5 Å². The molecular weight excluding hydrogens is 440 g/mol. The number of piperidine rings is 1. The molecule has 0 saturated carbocycles. The number of aryl methyl sites for hydroxylation is 1. The number of hydrogen-bond donors (Lipinski definition) is 1. The zero-order chi connectivity index (χ0) is 23.4. The third-order valence-electron chi connectivity index (χ3n) is 6.39. The lowest BCUT2D eigenvalue weighted by molar-refractivity contribution is -0.122. The molecule has 2 aromatic carbocycles. The van der Waals surface area contributed by atoms with Crippen molar-refractivity contribution in [1.29, 1.82) is 0 Å². The summed E-state index contributed by atoms with van der Waals surface area (Å²) in [5.41, 5.74) is 2.86. The maximum atomic E-state index is 13.2. The Hall–Kier alpha value is -2.58. The summed E-state index contributed by atoms with van der Waals surface area (Å²) in [6, 6.07) is 10.7. The van der Waals surface area contributed by atoms with E-state index >= 15 is 0 Å². The van der Waals surface area contributed by atoms with Crippen molar-refractivity contribution in [2.45, 2.75) is 62.9 Å². The molecular formula is C25H32N2O5S. The van der Waals surface area contributed by atoms with Gasteiger partial charge in [-0.15, -0.1) is 0 Å². The van der Waals surface area contributed by atoms with E-state index in [0.29, 0.717) is 18.8 Å². The Bertz CT molecular complexity index is 1110. The van der Waals surface area contributed by atoms with Gasteiger partial charge in [0.15, 0.2) is 6.10 Å². The van der Waals surface area contributed by atoms with Crippen molar-refractivity contribution in [3.05, 3.63) is 47.5 Å². The minimum Gasteiger partial charge on any atom is -0.495 e. The van der Waals surface area contributed by atoms with Gasteiger partial charge in [0.2, 0.25) is 10.0 Å². The van der Waals surface area contributed by atoms with Crippen LogP contribution in [-0.2, 0) is 27.7 Å². The number of nitrogens with zero attached hydrogens (tertiary/aromatic N) is 1. The highest BCUT2D eigenvalue weighted by Gasteiger charge is 2.29. The van der Waals surface area contributed by atoms with Gasteiger partial charge in [0.1, 0.15) is 16.4 Å². The summed E-state index contributed by atoms with van der Waals surface area (Å²) in [6.45, 7) is 2.69. The van der Waals surface area contributed by atoms with Crippen LogP contribution in [0.3, 0.4) is 0 Å². The van der Waals surface area contributed by atoms with Crippen LogP contribution >= 0.6 is 0 Å². The van der Waals surface area contributed by atoms with Crippen LogP contribution in [0.4, 0.5) is 5.69 Å². The van der Waals surface area contributed by atoms with Gasteiger partial charge < -0.3 is 14.8 Å². The monoisotopic (exact) mass is 472 g/mol. The van der Waals surface area contributed by atoms with E-state index in [2.05, 4.69) is 11.4 Å². The van der Waals surface area contributed by atoms with Gasteiger partial charge in [-0.25, -0.2) is 8.42 Å². The summed E-state index contributed by atoms with van der Waals surface area (Å²) >= 11 is 0. The number of fused-ring (bicyclic) bond motifs is 1. The van der Waals surface area contributed by atoms with Gasteiger partial charge in [-0.3, -0.25) is 4.79 Å². The number of hydrogen-bond acceptors (Lipinski definition) is 5. The molecule has 4 rings (SSSR count). The Labute approximate surface area is 196 Å². The molecule has 33 heavy (non-hydrogen) atoms. The molecule has 7 nitrogen and oxygen atoms in total. The molecule has 1 saturated heterocycles. The van der Waals surface area contributed by atoms with Gasteiger partial charge in [0, 0.05) is 18.8 Å². The second kappa shape index (κ2) is 10.1. The Kier molecular flexibility index (Phi) is 7.24. The highest BCUT2D eigenvalue weighted by Crippen LogP contribution is 2.32. The molecule has 1 N–H and O–H groups in total. The number of carbonyl (C=O) groups is 1. The molecule has 1 heterocycles. The lowest BCUT2D eigenvalue weighted by atomic mass is 9.91. The number of methoxy groups -OCH3 is 1. The number of carbonyl (C=O) groups excluding carboxylic acids is 1. The Morgan fingerprint density at radius 3 is 2.52 bits per heavy atom. The van der Waals surface area contributed by atoms with Gasteiger partial charge in [-0.05, 0) is 80.8 Å². The van der Waals surface area contributed by atoms with E-state index in [-0.39, 0.29) is 16.6 Å². The van der Waals surface area contributed by atoms with Crippen molar-refractivity contribution < 1.29 is 22.7 Å². The Balaban J connectivity index is 1.51. The Morgan fingerprint density at radius 2 is 1.76 bits per heavy atom. The molecule has 2 aliphatic rings. The van der Waals surface area contributed by atoms with Crippen LogP contribution in [0.2, 0.25) is 0 Å². The van der Waals surface area contributed by atoms with Crippen LogP contribution in [0, 0.1) is 0 Å². The normalized spacial score (nSPS) is 17.6. The van der Waals surface area contributed by atoms with Crippen molar-refractivity contribution >= 4 is 21.6 Å². The van der Waals surface area contributed by atoms with Crippen LogP contribution in [0.15, 0.2) is 41.3 Å². The number of amides is 1. The third kappa shape index (κ3) is 5.17. The number of benzene rings is 2. The van der Waals surface area contributed by atoms with Crippen molar-refractivity contribution in [2.75, 3.05) is 25.5 Å². The fourth-order valence-electron chi connectivity index (χ4n) is 4.54. The largest absolute Gasteiger partial charge is 0.495 e. The van der Waals surface area contributed by atoms with E-state index < -0.39 is 16.1 Å². The minimum absolute atomic E-state index is 0.0652. The standard InChI is InChI=1S/C25H32N2O5S/c1-18(32-22-12-8-10-19-9-4-5-11-21(19)22)25(28)26-20-13-14-23(31-2)24(17-20)33(29,30)27-15-6-3-7-16-27/h8,10,12-14,17-18H,3-7,9,11,15-16H2,1-2H3,(H,26,28)/t18-/m0/s1. The second-order valence-corrected chi connectivity index (χ2v) is 10.6. The van der Waals surface area contributed by atoms with Crippen LogP contribution in [0.1, 0.15) is 50.2 Å². The summed E-state index contributed by atoms with van der Waals surface area (Å²) in [6.07, 6.45) is 6.26. The average molecular weight is 473 g/mol. The quantitative estimate of drug-likeness (QED) is 0.654. The summed E-state index contributed by atoms with van der Waals surface area (Å²) in [4.78, 5) is 12.9. The number of anilines is 1. The maximum absolute atomic E-state index is 13.2. The molecule has 0 unspecified atom stereocenters. The fourth-order valence-corrected chi connectivity index (χ4v) is 6.24. The molecule has 0 aromatic heterocycles. The Morgan fingerprint density at radius 1 is 1.00 bits per heavy atom. The van der Waals surface area contributed by atoms with Crippen LogP contribution in [-0.4, -0.2) is 44.9 Å². The summed E-state index contributed by atoms with van der Waals surface area (Å²) in [5.74, 6) is 0.673. The zero-order valence-corrected chi connectivity index (χ0v) is 20.1. The maximum Gasteiger partial charge on any atom is 0.265 e. The lowest BCUT2D eigenvalue weighted by Gasteiger charge is -2.26. The highest BCUT2D eigenvalue weighted by molar-refractivity contribution is 7.89. The fraction of sp³-hybridized carbons (Fsp3) is 0.480. The van der Waals surface area contributed by atoms with E-state index in [1.807, 2.05) is 12.1 Å². The molecule has 0 spiro atoms. The SMILES string of the molecule is COc1ccc(NC(=O)[C@H](C)Oc2cccc3c2CCCC3)cc1S(=O)(=O)N1CCCCC1. The summed E-state index contributed by atoms with van der Waals surface area (Å²) in [5, 5.41) is 2.81. The average Bonchev–Trinajstić information content (AvgIpc) is 2.84. The first-order valence-corrected chi connectivity index (χ1v) is 13.1. The van der Waals surface area contributed by atoms with Gasteiger partial charge >= 0.3 is 0 Å². The topological polar surface area (TPSA) is 84.9 Å². The first-order chi connectivity index (χ1) is 15.9. The van der Waals surface area contributed by atoms with Crippen molar-refractivity contribution in [3.8, 4) is 11.5 Å². The summed E-state index contributed by atoms with van der Waals surface area (Å²) < 4.78 is 39.3. The number of nitrogens with one attached hydrogen (secondary N) is 1. The van der Waals surface area contributed by atoms with Gasteiger partial charge in [0.25, 0.3) is 5.91 Å². The number of rotatable bonds is 7. The molecule has 1 fully saturated rings. The smallest absolute Gasteiger partial charge is 0.265 e. The minimum atomic E-state index is -3.72. The van der Waals surface area contributed by atoms with Crippen molar-refractivity contribution in [1.82, 2.24) is 4.31 Å². The predicted octanol–water partition coefficient (Wildman–Crippen LogP) is 4.15. The van der Waals surface area contributed by atoms with Crippen LogP contribution in [0.25, 0.3) is 0 Å². The molecule has 2 aromatic rings. The lowest BCUT2D eigenvalue weighted by Crippen LogP contribution is -2.36. The highest BCUT2D eigenvalue weighted by atomic mass is 32.2. The third-order valence-corrected chi connectivity index (χ3v) is 8.31. The molecule has 1 amide bonds. The van der Waals surface area contributed by atoms with Gasteiger partial charge in [0.05, 0.1) is 7.11 Å². The van der Waals surface area contributed by atoms with Crippen molar-refractivity contribution in [2.24, 2.45) is 0 Å². The zero-order valence-electron chi connectivity index (χ0n) is 19.3. The number of ether oxygens (including phenoxy) is 2. The summed E-state index contributed by atoms with van der Waals surface area (Å²) in [7, 11) is -2.27. The molecule has 178 valence electrons. The van der Waals surface area contributed by atoms with Crippen molar-refractivity contribution in [3.63, 3.8) is 0 Å². The molecule has 0 radical (unpaired) electrons. The van der Waals surface area contributed by atoms with E-state index in [1.54, 1.807) is 19.1 Å².